The predicted molar refractivity (Wildman–Crippen MR) is 138 cm³/mol. The number of hydrogen-bond acceptors (Lipinski definition) is 8. The van der Waals surface area contributed by atoms with E-state index in [1.807, 2.05) is 12.1 Å². The Balaban J connectivity index is 1.20. The van der Waals surface area contributed by atoms with E-state index in [-0.39, 0.29) is 5.91 Å². The third-order valence-corrected chi connectivity index (χ3v) is 7.41. The quantitative estimate of drug-likeness (QED) is 0.415. The van der Waals surface area contributed by atoms with Gasteiger partial charge in [0.05, 0.1) is 5.75 Å². The van der Waals surface area contributed by atoms with Gasteiger partial charge in [-0.05, 0) is 36.2 Å². The minimum absolute atomic E-state index is 0.0412. The summed E-state index contributed by atoms with van der Waals surface area (Å²) in [7, 11) is 0. The summed E-state index contributed by atoms with van der Waals surface area (Å²) in [4.78, 5) is 17.2. The summed E-state index contributed by atoms with van der Waals surface area (Å²) in [6, 6.07) is 18.8. The van der Waals surface area contributed by atoms with Crippen molar-refractivity contribution in [2.24, 2.45) is 0 Å². The molecule has 1 saturated heterocycles. The van der Waals surface area contributed by atoms with Gasteiger partial charge in [0, 0.05) is 50.6 Å². The smallest absolute Gasteiger partial charge is 0.234 e. The number of piperazine rings is 1. The lowest BCUT2D eigenvalue weighted by Gasteiger charge is -2.36. The van der Waals surface area contributed by atoms with Crippen LogP contribution in [0, 0.1) is 0 Å². The lowest BCUT2D eigenvalue weighted by atomic mass is 10.2. The first kappa shape index (κ1) is 23.5. The summed E-state index contributed by atoms with van der Waals surface area (Å²) in [5.41, 5.74) is 3.38. The zero-order valence-corrected chi connectivity index (χ0v) is 20.5. The Morgan fingerprint density at radius 1 is 1.03 bits per heavy atom. The van der Waals surface area contributed by atoms with E-state index in [4.69, 9.17) is 0 Å². The van der Waals surface area contributed by atoms with E-state index >= 15 is 0 Å². The third kappa shape index (κ3) is 7.18. The maximum atomic E-state index is 12.3. The van der Waals surface area contributed by atoms with Gasteiger partial charge in [0.15, 0.2) is 4.34 Å². The summed E-state index contributed by atoms with van der Waals surface area (Å²) < 4.78 is 0.797. The molecule has 1 fully saturated rings. The highest BCUT2D eigenvalue weighted by Gasteiger charge is 2.17. The highest BCUT2D eigenvalue weighted by atomic mass is 32.2. The maximum Gasteiger partial charge on any atom is 0.234 e. The van der Waals surface area contributed by atoms with Crippen LogP contribution in [-0.4, -0.2) is 59.5 Å². The van der Waals surface area contributed by atoms with Gasteiger partial charge in [-0.15, -0.1) is 10.2 Å². The largest absolute Gasteiger partial charge is 0.369 e. The summed E-state index contributed by atoms with van der Waals surface area (Å²) in [6.07, 6.45) is 1.04. The van der Waals surface area contributed by atoms with E-state index in [0.29, 0.717) is 5.75 Å². The molecule has 0 unspecified atom stereocenters. The van der Waals surface area contributed by atoms with E-state index in [1.54, 1.807) is 0 Å². The second kappa shape index (κ2) is 12.0. The fourth-order valence-corrected chi connectivity index (χ4v) is 5.23. The van der Waals surface area contributed by atoms with Crippen LogP contribution in [-0.2, 0) is 11.3 Å². The molecular formula is C24H30N6OS2. The molecule has 7 nitrogen and oxygen atoms in total. The van der Waals surface area contributed by atoms with Crippen LogP contribution in [0.5, 0.6) is 0 Å². The lowest BCUT2D eigenvalue weighted by molar-refractivity contribution is -0.113. The number of nitrogens with zero attached hydrogens (tertiary/aromatic N) is 4. The number of amides is 1. The van der Waals surface area contributed by atoms with Crippen molar-refractivity contribution >= 4 is 45.5 Å². The van der Waals surface area contributed by atoms with Crippen molar-refractivity contribution in [3.8, 4) is 0 Å². The van der Waals surface area contributed by atoms with E-state index in [2.05, 4.69) is 80.0 Å². The molecule has 2 N–H and O–H groups in total. The molecule has 0 bridgehead atoms. The first-order valence-electron chi connectivity index (χ1n) is 11.3. The normalized spacial score (nSPS) is 14.3. The van der Waals surface area contributed by atoms with Gasteiger partial charge in [-0.3, -0.25) is 9.69 Å². The van der Waals surface area contributed by atoms with E-state index in [1.165, 1.54) is 34.3 Å². The van der Waals surface area contributed by atoms with Crippen LogP contribution in [0.1, 0.15) is 18.9 Å². The Labute approximate surface area is 203 Å². The van der Waals surface area contributed by atoms with Gasteiger partial charge in [0.25, 0.3) is 0 Å². The molecule has 0 radical (unpaired) electrons. The van der Waals surface area contributed by atoms with E-state index in [0.717, 1.165) is 60.8 Å². The van der Waals surface area contributed by atoms with Gasteiger partial charge in [-0.1, -0.05) is 60.4 Å². The summed E-state index contributed by atoms with van der Waals surface area (Å²) in [5.74, 6) is 0.272. The molecule has 4 rings (SSSR count). The number of anilines is 3. The highest BCUT2D eigenvalue weighted by Crippen LogP contribution is 2.26. The Morgan fingerprint density at radius 2 is 1.79 bits per heavy atom. The van der Waals surface area contributed by atoms with Gasteiger partial charge in [0.1, 0.15) is 0 Å². The molecule has 2 heterocycles. The van der Waals surface area contributed by atoms with Crippen LogP contribution in [0.25, 0.3) is 0 Å². The number of benzene rings is 2. The number of carbonyl (C=O) groups is 1. The van der Waals surface area contributed by atoms with E-state index in [9.17, 15) is 4.79 Å². The van der Waals surface area contributed by atoms with Crippen molar-refractivity contribution in [3.05, 3.63) is 60.2 Å². The molecule has 1 amide bonds. The second-order valence-corrected chi connectivity index (χ2v) is 10.1. The zero-order chi connectivity index (χ0) is 22.9. The molecule has 3 aromatic rings. The van der Waals surface area contributed by atoms with Gasteiger partial charge >= 0.3 is 0 Å². The van der Waals surface area contributed by atoms with Crippen LogP contribution in [0.4, 0.5) is 16.5 Å². The van der Waals surface area contributed by atoms with Crippen molar-refractivity contribution < 1.29 is 4.79 Å². The summed E-state index contributed by atoms with van der Waals surface area (Å²) in [6.45, 7) is 8.09. The number of rotatable bonds is 10. The molecule has 1 aliphatic rings. The zero-order valence-electron chi connectivity index (χ0n) is 18.9. The summed E-state index contributed by atoms with van der Waals surface area (Å²) in [5, 5.41) is 15.2. The summed E-state index contributed by atoms with van der Waals surface area (Å²) >= 11 is 2.89. The highest BCUT2D eigenvalue weighted by molar-refractivity contribution is 8.01. The fraction of sp³-hybridized carbons (Fsp3) is 0.375. The Morgan fingerprint density at radius 3 is 2.52 bits per heavy atom. The van der Waals surface area contributed by atoms with E-state index < -0.39 is 0 Å². The molecule has 2 aromatic carbocycles. The fourth-order valence-electron chi connectivity index (χ4n) is 3.66. The standard InChI is InChI=1S/C24H30N6OS2/c1-2-12-25-23-27-28-24(33-23)32-18-22(31)26-20-8-10-21(11-9-20)30-15-13-29(14-16-30)17-19-6-4-3-5-7-19/h3-11H,2,12-18H2,1H3,(H,25,27)(H,26,31). The molecule has 0 spiro atoms. The number of nitrogens with one attached hydrogen (secondary N) is 2. The Bertz CT molecular complexity index is 1000. The second-order valence-electron chi connectivity index (χ2n) is 7.93. The molecule has 174 valence electrons. The first-order chi connectivity index (χ1) is 16.2. The van der Waals surface area contributed by atoms with Crippen LogP contribution < -0.4 is 15.5 Å². The third-order valence-electron chi connectivity index (χ3n) is 5.40. The van der Waals surface area contributed by atoms with Crippen LogP contribution in [0.2, 0.25) is 0 Å². The Hall–Kier alpha value is -2.62. The predicted octanol–water partition coefficient (Wildman–Crippen LogP) is 4.41. The van der Waals surface area contributed by atoms with Crippen LogP contribution in [0.15, 0.2) is 58.9 Å². The molecule has 1 aliphatic heterocycles. The molecule has 0 atom stereocenters. The van der Waals surface area contributed by atoms with Crippen LogP contribution >= 0.6 is 23.1 Å². The lowest BCUT2D eigenvalue weighted by Crippen LogP contribution is -2.45. The van der Waals surface area contributed by atoms with Crippen molar-refractivity contribution in [2.75, 3.05) is 54.0 Å². The van der Waals surface area contributed by atoms with Crippen molar-refractivity contribution in [1.29, 1.82) is 0 Å². The molecule has 9 heteroatoms. The number of carbonyl (C=O) groups excluding carboxylic acids is 1. The molecule has 0 aliphatic carbocycles. The van der Waals surface area contributed by atoms with Gasteiger partial charge in [0.2, 0.25) is 11.0 Å². The van der Waals surface area contributed by atoms with Crippen molar-refractivity contribution in [3.63, 3.8) is 0 Å². The number of hydrogen-bond donors (Lipinski definition) is 2. The molecule has 0 saturated carbocycles. The number of aromatic nitrogens is 2. The minimum Gasteiger partial charge on any atom is -0.369 e. The van der Waals surface area contributed by atoms with Crippen molar-refractivity contribution in [2.45, 2.75) is 24.2 Å². The molecular weight excluding hydrogens is 452 g/mol. The van der Waals surface area contributed by atoms with Gasteiger partial charge in [-0.25, -0.2) is 0 Å². The minimum atomic E-state index is -0.0412. The van der Waals surface area contributed by atoms with Gasteiger partial charge < -0.3 is 15.5 Å². The molecule has 33 heavy (non-hydrogen) atoms. The SMILES string of the molecule is CCCNc1nnc(SCC(=O)Nc2ccc(N3CCN(Cc4ccccc4)CC3)cc2)s1. The average Bonchev–Trinajstić information content (AvgIpc) is 3.31. The van der Waals surface area contributed by atoms with Crippen LogP contribution in [0.3, 0.4) is 0 Å². The Kier molecular flexibility index (Phi) is 8.57. The monoisotopic (exact) mass is 482 g/mol. The number of thioether (sulfide) groups is 1. The maximum absolute atomic E-state index is 12.3. The molecule has 1 aromatic heterocycles. The topological polar surface area (TPSA) is 73.4 Å². The van der Waals surface area contributed by atoms with Gasteiger partial charge in [-0.2, -0.15) is 0 Å². The first-order valence-corrected chi connectivity index (χ1v) is 13.1. The van der Waals surface area contributed by atoms with Crippen molar-refractivity contribution in [1.82, 2.24) is 15.1 Å². The average molecular weight is 483 g/mol.